The van der Waals surface area contributed by atoms with Crippen LogP contribution in [-0.4, -0.2) is 22.3 Å². The highest BCUT2D eigenvalue weighted by Gasteiger charge is 2.42. The van der Waals surface area contributed by atoms with Crippen LogP contribution in [-0.2, 0) is 17.5 Å². The van der Waals surface area contributed by atoms with Gasteiger partial charge in [-0.2, -0.15) is 27.1 Å². The Labute approximate surface area is 162 Å². The number of alkyl halides is 5. The second-order valence-corrected chi connectivity index (χ2v) is 6.84. The first-order chi connectivity index (χ1) is 13.1. The number of halogens is 7. The van der Waals surface area contributed by atoms with Gasteiger partial charge >= 0.3 is 12.8 Å². The Bertz CT molecular complexity index is 895. The summed E-state index contributed by atoms with van der Waals surface area (Å²) in [6, 6.07) is 2.58. The molecule has 0 saturated heterocycles. The SMILES string of the molecule is O=C(Cn1nc(C(F)(F)F)c(Br)c1C1CC1)Nc1ccc(F)cc1OC(F)F. The molecule has 12 heteroatoms. The Kier molecular flexibility index (Phi) is 5.60. The molecule has 3 rings (SSSR count). The van der Waals surface area contributed by atoms with E-state index >= 15 is 0 Å². The Morgan fingerprint density at radius 2 is 2.04 bits per heavy atom. The maximum Gasteiger partial charge on any atom is 0.436 e. The summed E-state index contributed by atoms with van der Waals surface area (Å²) in [4.78, 5) is 12.3. The fourth-order valence-electron chi connectivity index (χ4n) is 2.62. The summed E-state index contributed by atoms with van der Waals surface area (Å²) in [5, 5.41) is 5.71. The standard InChI is InChI=1S/C16H12BrF6N3O2/c17-12-13(7-1-2-7)26(25-14(12)16(21,22)23)6-11(27)24-9-4-3-8(18)5-10(9)28-15(19)20/h3-5,7,15H,1-2,6H2,(H,24,27). The molecule has 28 heavy (non-hydrogen) atoms. The Balaban J connectivity index is 1.83. The second-order valence-electron chi connectivity index (χ2n) is 6.04. The molecule has 0 unspecified atom stereocenters. The van der Waals surface area contributed by atoms with E-state index in [1.54, 1.807) is 0 Å². The highest BCUT2D eigenvalue weighted by molar-refractivity contribution is 9.10. The van der Waals surface area contributed by atoms with Crippen LogP contribution in [0.5, 0.6) is 5.75 Å². The number of ether oxygens (including phenoxy) is 1. The van der Waals surface area contributed by atoms with Crippen LogP contribution < -0.4 is 10.1 Å². The quantitative estimate of drug-likeness (QED) is 0.608. The molecule has 152 valence electrons. The Hall–Kier alpha value is -2.24. The molecule has 1 amide bonds. The summed E-state index contributed by atoms with van der Waals surface area (Å²) < 4.78 is 82.2. The molecule has 2 aromatic rings. The van der Waals surface area contributed by atoms with Crippen LogP contribution in [0.1, 0.15) is 30.1 Å². The van der Waals surface area contributed by atoms with E-state index < -0.39 is 42.5 Å². The number of anilines is 1. The number of carbonyl (C=O) groups is 1. The van der Waals surface area contributed by atoms with Gasteiger partial charge in [-0.1, -0.05) is 0 Å². The summed E-state index contributed by atoms with van der Waals surface area (Å²) in [7, 11) is 0. The van der Waals surface area contributed by atoms with E-state index in [1.165, 1.54) is 0 Å². The molecule has 0 bridgehead atoms. The topological polar surface area (TPSA) is 56.2 Å². The minimum atomic E-state index is -4.71. The molecule has 1 aliphatic carbocycles. The fourth-order valence-corrected chi connectivity index (χ4v) is 3.45. The largest absolute Gasteiger partial charge is 0.436 e. The molecule has 0 radical (unpaired) electrons. The highest BCUT2D eigenvalue weighted by atomic mass is 79.9. The zero-order chi connectivity index (χ0) is 20.6. The zero-order valence-corrected chi connectivity index (χ0v) is 15.5. The average molecular weight is 472 g/mol. The minimum absolute atomic E-state index is 0.158. The highest BCUT2D eigenvalue weighted by Crippen LogP contribution is 2.47. The molecule has 1 aliphatic rings. The summed E-state index contributed by atoms with van der Waals surface area (Å²) in [6.45, 7) is -3.85. The number of aromatic nitrogens is 2. The van der Waals surface area contributed by atoms with Gasteiger partial charge in [0.05, 0.1) is 15.9 Å². The fraction of sp³-hybridized carbons (Fsp3) is 0.375. The number of nitrogens with zero attached hydrogens (tertiary/aromatic N) is 2. The average Bonchev–Trinajstić information content (AvgIpc) is 3.33. The van der Waals surface area contributed by atoms with Crippen molar-refractivity contribution in [2.75, 3.05) is 5.32 Å². The summed E-state index contributed by atoms with van der Waals surface area (Å²) in [5.74, 6) is -2.47. The van der Waals surface area contributed by atoms with Gasteiger partial charge in [0, 0.05) is 12.0 Å². The molecule has 5 nitrogen and oxygen atoms in total. The minimum Gasteiger partial charge on any atom is -0.432 e. The molecule has 0 spiro atoms. The number of benzene rings is 1. The van der Waals surface area contributed by atoms with Gasteiger partial charge in [-0.15, -0.1) is 0 Å². The van der Waals surface area contributed by atoms with Gasteiger partial charge in [-0.3, -0.25) is 9.48 Å². The predicted molar refractivity (Wildman–Crippen MR) is 88.6 cm³/mol. The van der Waals surface area contributed by atoms with Crippen molar-refractivity contribution in [3.8, 4) is 5.75 Å². The number of hydrogen-bond donors (Lipinski definition) is 1. The first-order valence-corrected chi connectivity index (χ1v) is 8.73. The van der Waals surface area contributed by atoms with Gasteiger partial charge in [-0.05, 0) is 40.9 Å². The van der Waals surface area contributed by atoms with Crippen molar-refractivity contribution in [1.82, 2.24) is 9.78 Å². The number of hydrogen-bond acceptors (Lipinski definition) is 3. The van der Waals surface area contributed by atoms with Gasteiger partial charge < -0.3 is 10.1 Å². The van der Waals surface area contributed by atoms with Crippen molar-refractivity contribution in [3.05, 3.63) is 39.9 Å². The molecule has 1 saturated carbocycles. The smallest absolute Gasteiger partial charge is 0.432 e. The number of amides is 1. The maximum absolute atomic E-state index is 13.2. The molecule has 1 aromatic heterocycles. The third-order valence-corrected chi connectivity index (χ3v) is 4.67. The van der Waals surface area contributed by atoms with Crippen LogP contribution in [0.4, 0.5) is 32.0 Å². The van der Waals surface area contributed by atoms with Crippen molar-refractivity contribution < 1.29 is 35.9 Å². The number of nitrogens with one attached hydrogen (secondary N) is 1. The normalized spacial score (nSPS) is 14.4. The van der Waals surface area contributed by atoms with Crippen LogP contribution in [0.2, 0.25) is 0 Å². The lowest BCUT2D eigenvalue weighted by Crippen LogP contribution is -2.22. The van der Waals surface area contributed by atoms with Crippen molar-refractivity contribution in [1.29, 1.82) is 0 Å². The zero-order valence-electron chi connectivity index (χ0n) is 13.9. The van der Waals surface area contributed by atoms with E-state index in [0.717, 1.165) is 16.8 Å². The van der Waals surface area contributed by atoms with Crippen LogP contribution in [0.15, 0.2) is 22.7 Å². The third kappa shape index (κ3) is 4.59. The number of rotatable bonds is 6. The summed E-state index contributed by atoms with van der Waals surface area (Å²) in [5.41, 5.74) is -1.15. The van der Waals surface area contributed by atoms with Gasteiger partial charge in [-0.25, -0.2) is 4.39 Å². The lowest BCUT2D eigenvalue weighted by molar-refractivity contribution is -0.142. The van der Waals surface area contributed by atoms with E-state index in [9.17, 15) is 31.1 Å². The van der Waals surface area contributed by atoms with E-state index in [2.05, 4.69) is 31.1 Å². The Morgan fingerprint density at radius 1 is 1.36 bits per heavy atom. The monoisotopic (exact) mass is 471 g/mol. The van der Waals surface area contributed by atoms with Crippen molar-refractivity contribution in [2.24, 2.45) is 0 Å². The lowest BCUT2D eigenvalue weighted by Gasteiger charge is -2.13. The van der Waals surface area contributed by atoms with E-state index in [1.807, 2.05) is 0 Å². The van der Waals surface area contributed by atoms with Crippen molar-refractivity contribution in [3.63, 3.8) is 0 Å². The van der Waals surface area contributed by atoms with E-state index in [0.29, 0.717) is 18.9 Å². The molecule has 1 N–H and O–H groups in total. The third-order valence-electron chi connectivity index (χ3n) is 3.89. The van der Waals surface area contributed by atoms with Gasteiger partial charge in [0.1, 0.15) is 12.4 Å². The Morgan fingerprint density at radius 3 is 2.61 bits per heavy atom. The van der Waals surface area contributed by atoms with E-state index in [-0.39, 0.29) is 21.8 Å². The molecular weight excluding hydrogens is 460 g/mol. The van der Waals surface area contributed by atoms with Gasteiger partial charge in [0.25, 0.3) is 0 Å². The molecule has 1 aromatic carbocycles. The van der Waals surface area contributed by atoms with Crippen LogP contribution in [0, 0.1) is 5.82 Å². The summed E-state index contributed by atoms with van der Waals surface area (Å²) in [6.07, 6.45) is -3.39. The summed E-state index contributed by atoms with van der Waals surface area (Å²) >= 11 is 2.90. The molecular formula is C16H12BrF6N3O2. The van der Waals surface area contributed by atoms with Crippen molar-refractivity contribution >= 4 is 27.5 Å². The van der Waals surface area contributed by atoms with Crippen molar-refractivity contribution in [2.45, 2.75) is 38.1 Å². The maximum atomic E-state index is 13.2. The first-order valence-electron chi connectivity index (χ1n) is 7.94. The van der Waals surface area contributed by atoms with Gasteiger partial charge in [0.2, 0.25) is 5.91 Å². The van der Waals surface area contributed by atoms with Crippen LogP contribution in [0.25, 0.3) is 0 Å². The number of carbonyl (C=O) groups excluding carboxylic acids is 1. The molecule has 1 fully saturated rings. The first kappa shape index (κ1) is 20.5. The van der Waals surface area contributed by atoms with E-state index in [4.69, 9.17) is 0 Å². The molecule has 0 atom stereocenters. The second kappa shape index (κ2) is 7.64. The molecule has 0 aliphatic heterocycles. The lowest BCUT2D eigenvalue weighted by atomic mass is 10.2. The van der Waals surface area contributed by atoms with Crippen LogP contribution in [0.3, 0.4) is 0 Å². The van der Waals surface area contributed by atoms with Gasteiger partial charge in [0.15, 0.2) is 11.4 Å². The predicted octanol–water partition coefficient (Wildman–Crippen LogP) is 4.92. The molecule has 1 heterocycles. The van der Waals surface area contributed by atoms with Crippen LogP contribution >= 0.6 is 15.9 Å².